The fourth-order valence-electron chi connectivity index (χ4n) is 1.96. The van der Waals surface area contributed by atoms with Crippen molar-refractivity contribution in [1.29, 1.82) is 0 Å². The molecular weight excluding hydrogens is 262 g/mol. The van der Waals surface area contributed by atoms with Crippen molar-refractivity contribution in [2.24, 2.45) is 0 Å². The summed E-state index contributed by atoms with van der Waals surface area (Å²) in [5.74, 6) is 0. The van der Waals surface area contributed by atoms with Crippen molar-refractivity contribution in [1.82, 2.24) is 14.8 Å². The van der Waals surface area contributed by atoms with Crippen molar-refractivity contribution in [2.75, 3.05) is 0 Å². The summed E-state index contributed by atoms with van der Waals surface area (Å²) in [5.41, 5.74) is 2.27. The van der Waals surface area contributed by atoms with Crippen LogP contribution in [0.3, 0.4) is 0 Å². The Morgan fingerprint density at radius 1 is 1.26 bits per heavy atom. The van der Waals surface area contributed by atoms with E-state index in [0.717, 1.165) is 22.9 Å². The van der Waals surface area contributed by atoms with Crippen molar-refractivity contribution in [2.45, 2.75) is 6.54 Å². The first-order chi connectivity index (χ1) is 9.28. The van der Waals surface area contributed by atoms with Crippen LogP contribution < -0.4 is 0 Å². The second-order valence-corrected chi connectivity index (χ2v) is 4.60. The third kappa shape index (κ3) is 2.22. The Morgan fingerprint density at radius 2 is 2.11 bits per heavy atom. The van der Waals surface area contributed by atoms with E-state index < -0.39 is 0 Å². The lowest BCUT2D eigenvalue weighted by atomic mass is 10.2. The van der Waals surface area contributed by atoms with Gasteiger partial charge in [-0.3, -0.25) is 4.79 Å². The summed E-state index contributed by atoms with van der Waals surface area (Å²) in [6, 6.07) is 9.40. The maximum atomic E-state index is 10.7. The highest BCUT2D eigenvalue weighted by molar-refractivity contribution is 6.31. The van der Waals surface area contributed by atoms with E-state index in [4.69, 9.17) is 11.6 Å². The normalized spacial score (nSPS) is 10.8. The summed E-state index contributed by atoms with van der Waals surface area (Å²) in [5, 5.41) is 5.84. The second kappa shape index (κ2) is 4.82. The molecule has 4 nitrogen and oxygen atoms in total. The van der Waals surface area contributed by atoms with Crippen molar-refractivity contribution in [3.05, 3.63) is 58.9 Å². The number of aromatic nitrogens is 3. The number of carbonyl (C=O) groups is 1. The van der Waals surface area contributed by atoms with Crippen LogP contribution in [-0.2, 0) is 6.54 Å². The predicted octanol–water partition coefficient (Wildman–Crippen LogP) is 2.95. The van der Waals surface area contributed by atoms with Gasteiger partial charge in [-0.05, 0) is 17.7 Å². The van der Waals surface area contributed by atoms with Gasteiger partial charge in [-0.2, -0.15) is 5.10 Å². The molecule has 0 radical (unpaired) electrons. The van der Waals surface area contributed by atoms with Crippen LogP contribution in [0.1, 0.15) is 15.9 Å². The van der Waals surface area contributed by atoms with E-state index in [9.17, 15) is 4.79 Å². The summed E-state index contributed by atoms with van der Waals surface area (Å²) in [6.45, 7) is 0.552. The molecule has 1 aromatic carbocycles. The minimum atomic E-state index is 0.546. The number of rotatable bonds is 3. The Labute approximate surface area is 114 Å². The van der Waals surface area contributed by atoms with E-state index >= 15 is 0 Å². The number of fused-ring (bicyclic) bond motifs is 1. The topological polar surface area (TPSA) is 47.8 Å². The summed E-state index contributed by atoms with van der Waals surface area (Å²) >= 11 is 6.13. The Morgan fingerprint density at radius 3 is 2.89 bits per heavy atom. The lowest BCUT2D eigenvalue weighted by molar-refractivity contribution is 0.112. The minimum Gasteiger partial charge on any atom is -0.298 e. The van der Waals surface area contributed by atoms with Gasteiger partial charge in [0, 0.05) is 22.2 Å². The molecule has 0 aliphatic heterocycles. The first kappa shape index (κ1) is 11.9. The van der Waals surface area contributed by atoms with Crippen molar-refractivity contribution in [3.8, 4) is 0 Å². The fourth-order valence-corrected chi connectivity index (χ4v) is 2.15. The summed E-state index contributed by atoms with van der Waals surface area (Å²) < 4.78 is 1.77. The number of carbonyl (C=O) groups excluding carboxylic acids is 1. The third-order valence-electron chi connectivity index (χ3n) is 2.91. The molecule has 0 bridgehead atoms. The Hall–Kier alpha value is -2.20. The zero-order chi connectivity index (χ0) is 13.2. The van der Waals surface area contributed by atoms with E-state index in [1.807, 2.05) is 24.3 Å². The van der Waals surface area contributed by atoms with Crippen LogP contribution in [0.15, 0.2) is 42.7 Å². The molecule has 0 spiro atoms. The molecule has 2 heterocycles. The van der Waals surface area contributed by atoms with Crippen LogP contribution in [0.5, 0.6) is 0 Å². The average Bonchev–Trinajstić information content (AvgIpc) is 2.83. The molecule has 0 amide bonds. The first-order valence-electron chi connectivity index (χ1n) is 5.78. The fraction of sp³-hybridized carbons (Fsp3) is 0.0714. The smallest absolute Gasteiger partial charge is 0.158 e. The van der Waals surface area contributed by atoms with Crippen LogP contribution in [0.25, 0.3) is 11.0 Å². The van der Waals surface area contributed by atoms with E-state index in [1.165, 1.54) is 0 Å². The van der Waals surface area contributed by atoms with Gasteiger partial charge in [0.1, 0.15) is 0 Å². The molecule has 0 saturated heterocycles. The molecule has 0 fully saturated rings. The van der Waals surface area contributed by atoms with Crippen molar-refractivity contribution >= 4 is 28.9 Å². The standard InChI is InChI=1S/C14H10ClN3O/c15-13-4-2-1-3-11(13)8-18-14-12(7-17-18)5-10(9-19)6-16-14/h1-7,9H,8H2. The monoisotopic (exact) mass is 271 g/mol. The van der Waals surface area contributed by atoms with Crippen molar-refractivity contribution < 1.29 is 4.79 Å². The second-order valence-electron chi connectivity index (χ2n) is 4.19. The summed E-state index contributed by atoms with van der Waals surface area (Å²) in [6.07, 6.45) is 4.02. The molecule has 0 N–H and O–H groups in total. The maximum absolute atomic E-state index is 10.7. The zero-order valence-corrected chi connectivity index (χ0v) is 10.7. The van der Waals surface area contributed by atoms with Gasteiger partial charge in [-0.1, -0.05) is 29.8 Å². The Balaban J connectivity index is 2.02. The number of halogens is 1. The van der Waals surface area contributed by atoms with Gasteiger partial charge in [-0.15, -0.1) is 0 Å². The van der Waals surface area contributed by atoms with Gasteiger partial charge in [-0.25, -0.2) is 9.67 Å². The van der Waals surface area contributed by atoms with Crippen LogP contribution >= 0.6 is 11.6 Å². The van der Waals surface area contributed by atoms with Gasteiger partial charge < -0.3 is 0 Å². The zero-order valence-electron chi connectivity index (χ0n) is 9.95. The van der Waals surface area contributed by atoms with E-state index in [2.05, 4.69) is 10.1 Å². The van der Waals surface area contributed by atoms with Gasteiger partial charge in [0.15, 0.2) is 11.9 Å². The number of hydrogen-bond donors (Lipinski definition) is 0. The Kier molecular flexibility index (Phi) is 3.01. The maximum Gasteiger partial charge on any atom is 0.158 e. The number of pyridine rings is 1. The Bertz CT molecular complexity index is 751. The molecule has 3 rings (SSSR count). The van der Waals surface area contributed by atoms with Gasteiger partial charge in [0.05, 0.1) is 12.7 Å². The summed E-state index contributed by atoms with van der Waals surface area (Å²) in [4.78, 5) is 15.0. The van der Waals surface area contributed by atoms with E-state index in [-0.39, 0.29) is 0 Å². The molecule has 0 atom stereocenters. The van der Waals surface area contributed by atoms with E-state index in [0.29, 0.717) is 17.1 Å². The number of hydrogen-bond acceptors (Lipinski definition) is 3. The highest BCUT2D eigenvalue weighted by Crippen LogP contribution is 2.18. The molecular formula is C14H10ClN3O. The molecule has 0 unspecified atom stereocenters. The summed E-state index contributed by atoms with van der Waals surface area (Å²) in [7, 11) is 0. The molecule has 0 aliphatic carbocycles. The van der Waals surface area contributed by atoms with Gasteiger partial charge in [0.25, 0.3) is 0 Å². The number of benzene rings is 1. The van der Waals surface area contributed by atoms with Crippen molar-refractivity contribution in [3.63, 3.8) is 0 Å². The van der Waals surface area contributed by atoms with Crippen LogP contribution in [0.4, 0.5) is 0 Å². The first-order valence-corrected chi connectivity index (χ1v) is 6.16. The highest BCUT2D eigenvalue weighted by atomic mass is 35.5. The lowest BCUT2D eigenvalue weighted by Crippen LogP contribution is -2.03. The van der Waals surface area contributed by atoms with Gasteiger partial charge >= 0.3 is 0 Å². The van der Waals surface area contributed by atoms with Crippen LogP contribution in [0, 0.1) is 0 Å². The largest absolute Gasteiger partial charge is 0.298 e. The molecule has 5 heteroatoms. The highest BCUT2D eigenvalue weighted by Gasteiger charge is 2.07. The number of aldehydes is 1. The molecule has 0 aliphatic rings. The SMILES string of the molecule is O=Cc1cnc2c(cnn2Cc2ccccc2Cl)c1. The molecule has 94 valence electrons. The molecule has 2 aromatic heterocycles. The third-order valence-corrected chi connectivity index (χ3v) is 3.28. The molecule has 0 saturated carbocycles. The molecule has 3 aromatic rings. The predicted molar refractivity (Wildman–Crippen MR) is 73.5 cm³/mol. The van der Waals surface area contributed by atoms with Gasteiger partial charge in [0.2, 0.25) is 0 Å². The van der Waals surface area contributed by atoms with E-state index in [1.54, 1.807) is 23.1 Å². The number of nitrogens with zero attached hydrogens (tertiary/aromatic N) is 3. The van der Waals surface area contributed by atoms with Crippen LogP contribution in [-0.4, -0.2) is 21.1 Å². The molecule has 19 heavy (non-hydrogen) atoms. The average molecular weight is 272 g/mol. The quantitative estimate of drug-likeness (QED) is 0.688. The minimum absolute atomic E-state index is 0.546. The van der Waals surface area contributed by atoms with Crippen LogP contribution in [0.2, 0.25) is 5.02 Å². The lowest BCUT2D eigenvalue weighted by Gasteiger charge is -2.05.